The average molecular weight is 369 g/mol. The summed E-state index contributed by atoms with van der Waals surface area (Å²) in [5.41, 5.74) is 0. The fourth-order valence-electron chi connectivity index (χ4n) is 2.17. The summed E-state index contributed by atoms with van der Waals surface area (Å²) in [6.07, 6.45) is 2.24. The van der Waals surface area contributed by atoms with Gasteiger partial charge in [0.2, 0.25) is 10.0 Å². The van der Waals surface area contributed by atoms with Gasteiger partial charge >= 0.3 is 0 Å². The molecule has 4 nitrogen and oxygen atoms in total. The van der Waals surface area contributed by atoms with E-state index in [0.717, 1.165) is 4.47 Å². The Morgan fingerprint density at radius 1 is 1.26 bits per heavy atom. The normalized spacial score (nSPS) is 24.4. The fourth-order valence-corrected chi connectivity index (χ4v) is 4.51. The van der Waals surface area contributed by atoms with Gasteiger partial charge in [-0.15, -0.1) is 0 Å². The van der Waals surface area contributed by atoms with E-state index in [-0.39, 0.29) is 22.1 Å². The number of aliphatic hydroxyl groups is 1. The molecule has 0 aliphatic heterocycles. The van der Waals surface area contributed by atoms with E-state index in [1.807, 2.05) is 0 Å². The lowest BCUT2D eigenvalue weighted by atomic mass is 9.94. The predicted molar refractivity (Wildman–Crippen MR) is 77.7 cm³/mol. The summed E-state index contributed by atoms with van der Waals surface area (Å²) in [6.45, 7) is 0. The van der Waals surface area contributed by atoms with Crippen LogP contribution in [0.15, 0.2) is 27.6 Å². The molecule has 0 radical (unpaired) electrons. The monoisotopic (exact) mass is 367 g/mol. The van der Waals surface area contributed by atoms with Gasteiger partial charge in [-0.3, -0.25) is 0 Å². The van der Waals surface area contributed by atoms with Gasteiger partial charge in [0.25, 0.3) is 0 Å². The molecule has 1 saturated carbocycles. The second-order valence-corrected chi connectivity index (χ2v) is 7.71. The molecular formula is C12H15BrClNO3S. The molecule has 2 N–H and O–H groups in total. The van der Waals surface area contributed by atoms with Crippen molar-refractivity contribution in [2.24, 2.45) is 0 Å². The molecule has 1 aliphatic rings. The first-order valence-electron chi connectivity index (χ1n) is 6.04. The van der Waals surface area contributed by atoms with Gasteiger partial charge in [0.1, 0.15) is 4.90 Å². The van der Waals surface area contributed by atoms with Crippen LogP contribution in [0.25, 0.3) is 0 Å². The number of hydrogen-bond acceptors (Lipinski definition) is 3. The lowest BCUT2D eigenvalue weighted by Crippen LogP contribution is -2.38. The molecule has 0 saturated heterocycles. The minimum absolute atomic E-state index is 0.0866. The molecule has 0 atom stereocenters. The summed E-state index contributed by atoms with van der Waals surface area (Å²) in [5, 5.41) is 9.61. The van der Waals surface area contributed by atoms with Crippen LogP contribution in [0.3, 0.4) is 0 Å². The molecular weight excluding hydrogens is 354 g/mol. The fraction of sp³-hybridized carbons (Fsp3) is 0.500. The number of hydrogen-bond donors (Lipinski definition) is 2. The quantitative estimate of drug-likeness (QED) is 0.862. The first kappa shape index (κ1) is 15.3. The van der Waals surface area contributed by atoms with Gasteiger partial charge in [-0.05, 0) is 43.9 Å². The van der Waals surface area contributed by atoms with E-state index in [2.05, 4.69) is 20.7 Å². The highest BCUT2D eigenvalue weighted by Gasteiger charge is 2.26. The number of benzene rings is 1. The lowest BCUT2D eigenvalue weighted by Gasteiger charge is -2.26. The van der Waals surface area contributed by atoms with Gasteiger partial charge in [-0.1, -0.05) is 27.5 Å². The first-order valence-corrected chi connectivity index (χ1v) is 8.69. The zero-order valence-corrected chi connectivity index (χ0v) is 13.3. The average Bonchev–Trinajstić information content (AvgIpc) is 2.31. The van der Waals surface area contributed by atoms with E-state index in [0.29, 0.717) is 25.7 Å². The van der Waals surface area contributed by atoms with Crippen LogP contribution in [0, 0.1) is 0 Å². The third-order valence-electron chi connectivity index (χ3n) is 3.20. The number of sulfonamides is 1. The molecule has 0 amide bonds. The van der Waals surface area contributed by atoms with Crippen LogP contribution < -0.4 is 4.72 Å². The summed E-state index contributed by atoms with van der Waals surface area (Å²) < 4.78 is 27.9. The maximum absolute atomic E-state index is 12.2. The van der Waals surface area contributed by atoms with Crippen LogP contribution in [-0.2, 0) is 10.0 Å². The van der Waals surface area contributed by atoms with Crippen LogP contribution in [0.1, 0.15) is 25.7 Å². The Morgan fingerprint density at radius 2 is 1.89 bits per heavy atom. The number of halogens is 2. The van der Waals surface area contributed by atoms with Crippen molar-refractivity contribution in [2.45, 2.75) is 42.7 Å². The molecule has 106 valence electrons. The Balaban J connectivity index is 2.14. The lowest BCUT2D eigenvalue weighted by molar-refractivity contribution is 0.120. The molecule has 2 rings (SSSR count). The first-order chi connectivity index (χ1) is 8.88. The van der Waals surface area contributed by atoms with Crippen molar-refractivity contribution < 1.29 is 13.5 Å². The number of rotatable bonds is 3. The van der Waals surface area contributed by atoms with E-state index >= 15 is 0 Å². The van der Waals surface area contributed by atoms with Crippen LogP contribution in [-0.4, -0.2) is 25.7 Å². The van der Waals surface area contributed by atoms with Gasteiger partial charge in [-0.25, -0.2) is 13.1 Å². The third kappa shape index (κ3) is 3.92. The molecule has 1 fully saturated rings. The molecule has 0 unspecified atom stereocenters. The van der Waals surface area contributed by atoms with Crippen molar-refractivity contribution in [2.75, 3.05) is 0 Å². The second-order valence-electron chi connectivity index (χ2n) is 4.70. The largest absolute Gasteiger partial charge is 0.393 e. The molecule has 0 heterocycles. The highest BCUT2D eigenvalue weighted by atomic mass is 79.9. The Bertz CT molecular complexity index is 556. The van der Waals surface area contributed by atoms with Crippen molar-refractivity contribution in [1.82, 2.24) is 4.72 Å². The molecule has 7 heteroatoms. The third-order valence-corrected chi connectivity index (χ3v) is 5.70. The zero-order valence-electron chi connectivity index (χ0n) is 10.1. The highest BCUT2D eigenvalue weighted by molar-refractivity contribution is 9.10. The van der Waals surface area contributed by atoms with Crippen LogP contribution >= 0.6 is 27.5 Å². The Hall–Kier alpha value is -0.140. The standard InChI is InChI=1S/C12H15BrClNO3S/c13-8-1-6-12(11(14)7-8)19(17,18)15-9-2-4-10(16)5-3-9/h1,6-7,9-10,15-16H,2-5H2. The second kappa shape index (κ2) is 6.10. The van der Waals surface area contributed by atoms with Gasteiger partial charge in [0.05, 0.1) is 11.1 Å². The van der Waals surface area contributed by atoms with E-state index in [1.165, 1.54) is 6.07 Å². The van der Waals surface area contributed by atoms with Gasteiger partial charge in [0, 0.05) is 10.5 Å². The van der Waals surface area contributed by atoms with Crippen LogP contribution in [0.2, 0.25) is 5.02 Å². The molecule has 1 aromatic rings. The molecule has 0 aromatic heterocycles. The van der Waals surface area contributed by atoms with E-state index in [1.54, 1.807) is 12.1 Å². The molecule has 0 bridgehead atoms. The minimum atomic E-state index is -3.61. The molecule has 19 heavy (non-hydrogen) atoms. The maximum atomic E-state index is 12.2. The highest BCUT2D eigenvalue weighted by Crippen LogP contribution is 2.26. The van der Waals surface area contributed by atoms with Gasteiger partial charge < -0.3 is 5.11 Å². The van der Waals surface area contributed by atoms with Crippen molar-refractivity contribution >= 4 is 37.6 Å². The SMILES string of the molecule is O=S(=O)(NC1CCC(O)CC1)c1ccc(Br)cc1Cl. The Morgan fingerprint density at radius 3 is 2.47 bits per heavy atom. The van der Waals surface area contributed by atoms with Crippen molar-refractivity contribution in [3.8, 4) is 0 Å². The summed E-state index contributed by atoms with van der Waals surface area (Å²) in [7, 11) is -3.61. The summed E-state index contributed by atoms with van der Waals surface area (Å²) >= 11 is 9.21. The summed E-state index contributed by atoms with van der Waals surface area (Å²) in [4.78, 5) is 0.0866. The van der Waals surface area contributed by atoms with Gasteiger partial charge in [-0.2, -0.15) is 0 Å². The van der Waals surface area contributed by atoms with Crippen molar-refractivity contribution in [3.63, 3.8) is 0 Å². The topological polar surface area (TPSA) is 66.4 Å². The Kier molecular flexibility index (Phi) is 4.89. The predicted octanol–water partition coefficient (Wildman–Crippen LogP) is 2.68. The smallest absolute Gasteiger partial charge is 0.242 e. The van der Waals surface area contributed by atoms with Crippen LogP contribution in [0.4, 0.5) is 0 Å². The molecule has 0 spiro atoms. The van der Waals surface area contributed by atoms with E-state index < -0.39 is 10.0 Å². The number of aliphatic hydroxyl groups excluding tert-OH is 1. The maximum Gasteiger partial charge on any atom is 0.242 e. The minimum Gasteiger partial charge on any atom is -0.393 e. The summed E-state index contributed by atoms with van der Waals surface area (Å²) in [5.74, 6) is 0. The van der Waals surface area contributed by atoms with Crippen molar-refractivity contribution in [1.29, 1.82) is 0 Å². The van der Waals surface area contributed by atoms with Crippen molar-refractivity contribution in [3.05, 3.63) is 27.7 Å². The van der Waals surface area contributed by atoms with E-state index in [9.17, 15) is 13.5 Å². The molecule has 1 aromatic carbocycles. The summed E-state index contributed by atoms with van der Waals surface area (Å²) in [6, 6.07) is 4.55. The molecule has 1 aliphatic carbocycles. The number of nitrogens with one attached hydrogen (secondary N) is 1. The Labute approximate surface area is 126 Å². The van der Waals surface area contributed by atoms with E-state index in [4.69, 9.17) is 11.6 Å². The van der Waals surface area contributed by atoms with Gasteiger partial charge in [0.15, 0.2) is 0 Å². The zero-order chi connectivity index (χ0) is 14.0. The van der Waals surface area contributed by atoms with Crippen LogP contribution in [0.5, 0.6) is 0 Å².